The number of carbonyl (C=O) groups excluding carboxylic acids is 2. The monoisotopic (exact) mass is 421 g/mol. The van der Waals surface area contributed by atoms with Gasteiger partial charge < -0.3 is 40.0 Å². The minimum Gasteiger partial charge on any atom is -0.669 e. The molecule has 30 heavy (non-hydrogen) atoms. The van der Waals surface area contributed by atoms with E-state index < -0.39 is 24.9 Å². The van der Waals surface area contributed by atoms with Gasteiger partial charge in [-0.2, -0.15) is 0 Å². The van der Waals surface area contributed by atoms with Crippen molar-refractivity contribution in [3.05, 3.63) is 23.3 Å². The maximum absolute atomic E-state index is 12.3. The Morgan fingerprint density at radius 3 is 2.67 bits per heavy atom. The number of carbonyl (C=O) groups is 3. The zero-order valence-corrected chi connectivity index (χ0v) is 16.7. The molecule has 1 atom stereocenters. The number of ketones is 1. The van der Waals surface area contributed by atoms with E-state index in [1.54, 1.807) is 6.07 Å². The van der Waals surface area contributed by atoms with Crippen LogP contribution in [0.5, 0.6) is 11.5 Å². The Morgan fingerprint density at radius 2 is 2.03 bits per heavy atom. The fourth-order valence-electron chi connectivity index (χ4n) is 3.63. The Kier molecular flexibility index (Phi) is 6.34. The summed E-state index contributed by atoms with van der Waals surface area (Å²) >= 11 is 0. The summed E-state index contributed by atoms with van der Waals surface area (Å²) in [5, 5.41) is 29.2. The first-order chi connectivity index (χ1) is 14.1. The van der Waals surface area contributed by atoms with Crippen molar-refractivity contribution in [1.82, 2.24) is 4.90 Å². The Labute approximate surface area is 173 Å². The third-order valence-corrected chi connectivity index (χ3v) is 5.33. The van der Waals surface area contributed by atoms with Gasteiger partial charge in [0.05, 0.1) is 24.9 Å². The number of hydrogen-bond acceptors (Lipinski definition) is 8. The van der Waals surface area contributed by atoms with E-state index in [9.17, 15) is 29.5 Å². The molecule has 5 N–H and O–H groups in total. The van der Waals surface area contributed by atoms with Gasteiger partial charge in [0, 0.05) is 6.42 Å². The lowest BCUT2D eigenvalue weighted by atomic mass is 9.70. The number of benzene rings is 1. The number of Topliss-reactive ketones (excluding diaryl/α,β-unsaturated/α-hetero) is 1. The largest absolute Gasteiger partial charge is 0.669 e. The molecule has 0 aliphatic carbocycles. The molecule has 2 aliphatic heterocycles. The normalized spacial score (nSPS) is 18.6. The molecule has 0 bridgehead atoms. The molecule has 0 saturated carbocycles. The van der Waals surface area contributed by atoms with Crippen molar-refractivity contribution in [2.75, 3.05) is 13.1 Å². The molecule has 2 heterocycles. The number of likely N-dealkylation sites (tertiary alicyclic amines) is 1. The molecule has 164 valence electrons. The summed E-state index contributed by atoms with van der Waals surface area (Å²) < 4.78 is 10.9. The first kappa shape index (κ1) is 22.1. The maximum Gasteiger partial charge on any atom is 0.430 e. The van der Waals surface area contributed by atoms with Gasteiger partial charge in [0.2, 0.25) is 5.91 Å². The lowest BCUT2D eigenvalue weighted by molar-refractivity contribution is -0.141. The number of amides is 1. The van der Waals surface area contributed by atoms with Crippen molar-refractivity contribution in [3.63, 3.8) is 0 Å². The van der Waals surface area contributed by atoms with Crippen LogP contribution in [0.3, 0.4) is 0 Å². The number of hydrogen-bond donors (Lipinski definition) is 4. The lowest BCUT2D eigenvalue weighted by Gasteiger charge is -2.41. The molecule has 1 saturated heterocycles. The van der Waals surface area contributed by atoms with Crippen molar-refractivity contribution in [3.8, 4) is 11.5 Å². The van der Waals surface area contributed by atoms with Crippen LogP contribution in [0.2, 0.25) is 6.32 Å². The zero-order valence-electron chi connectivity index (χ0n) is 16.7. The zero-order chi connectivity index (χ0) is 22.1. The number of ether oxygens (including phenoxy) is 1. The highest BCUT2D eigenvalue weighted by Gasteiger charge is 2.37. The molecular formula is C19H26BN2O8-. The van der Waals surface area contributed by atoms with Crippen LogP contribution in [-0.4, -0.2) is 69.7 Å². The fraction of sp³-hybridized carbons (Fsp3) is 0.526. The van der Waals surface area contributed by atoms with Gasteiger partial charge in [0.25, 0.3) is 0 Å². The molecule has 11 heteroatoms. The van der Waals surface area contributed by atoms with Crippen molar-refractivity contribution < 1.29 is 38.9 Å². The number of aromatic carboxylic acids is 1. The SMILES string of the molecule is CC(=O)CCC[C@H](N)C(=O)N1CC(Oc2ccc3c(c2C(=O)O)O[B-](O)(O)CC3)C1. The summed E-state index contributed by atoms with van der Waals surface area (Å²) in [6.45, 7) is -1.11. The Bertz CT molecular complexity index is 853. The van der Waals surface area contributed by atoms with E-state index in [-0.39, 0.29) is 54.6 Å². The first-order valence-electron chi connectivity index (χ1n) is 9.96. The Balaban J connectivity index is 1.61. The van der Waals surface area contributed by atoms with Crippen LogP contribution < -0.4 is 15.1 Å². The summed E-state index contributed by atoms with van der Waals surface area (Å²) in [4.78, 5) is 36.6. The minimum atomic E-state index is -3.11. The van der Waals surface area contributed by atoms with Crippen LogP contribution >= 0.6 is 0 Å². The van der Waals surface area contributed by atoms with Crippen LogP contribution in [0, 0.1) is 0 Å². The molecule has 1 aromatic rings. The second-order valence-corrected chi connectivity index (χ2v) is 7.93. The molecule has 2 aliphatic rings. The van der Waals surface area contributed by atoms with Crippen molar-refractivity contribution in [2.24, 2.45) is 5.73 Å². The predicted octanol–water partition coefficient (Wildman–Crippen LogP) is -0.0806. The van der Waals surface area contributed by atoms with Crippen LogP contribution in [0.25, 0.3) is 0 Å². The van der Waals surface area contributed by atoms with E-state index in [0.717, 1.165) is 0 Å². The van der Waals surface area contributed by atoms with E-state index >= 15 is 0 Å². The summed E-state index contributed by atoms with van der Waals surface area (Å²) in [6.07, 6.45) is 1.18. The molecule has 0 spiro atoms. The molecule has 10 nitrogen and oxygen atoms in total. The van der Waals surface area contributed by atoms with Crippen LogP contribution in [-0.2, 0) is 16.0 Å². The highest BCUT2D eigenvalue weighted by atomic mass is 16.6. The quantitative estimate of drug-likeness (QED) is 0.421. The third-order valence-electron chi connectivity index (χ3n) is 5.33. The average molecular weight is 421 g/mol. The fourth-order valence-corrected chi connectivity index (χ4v) is 3.63. The van der Waals surface area contributed by atoms with E-state index in [1.807, 2.05) is 0 Å². The van der Waals surface area contributed by atoms with Gasteiger partial charge in [0.15, 0.2) is 0 Å². The van der Waals surface area contributed by atoms with Crippen LogP contribution in [0.4, 0.5) is 0 Å². The summed E-state index contributed by atoms with van der Waals surface area (Å²) in [5.74, 6) is -1.56. The highest BCUT2D eigenvalue weighted by Crippen LogP contribution is 2.39. The van der Waals surface area contributed by atoms with E-state index in [0.29, 0.717) is 24.8 Å². The molecule has 0 unspecified atom stereocenters. The van der Waals surface area contributed by atoms with E-state index in [1.165, 1.54) is 17.9 Å². The van der Waals surface area contributed by atoms with Gasteiger partial charge in [-0.3, -0.25) is 4.79 Å². The minimum absolute atomic E-state index is 0.0152. The summed E-state index contributed by atoms with van der Waals surface area (Å²) in [6, 6.07) is 2.45. The maximum atomic E-state index is 12.3. The highest BCUT2D eigenvalue weighted by molar-refractivity contribution is 6.59. The van der Waals surface area contributed by atoms with Gasteiger partial charge >= 0.3 is 12.7 Å². The predicted molar refractivity (Wildman–Crippen MR) is 106 cm³/mol. The van der Waals surface area contributed by atoms with Gasteiger partial charge in [-0.05, 0) is 37.8 Å². The molecule has 1 aromatic carbocycles. The van der Waals surface area contributed by atoms with Gasteiger partial charge in [-0.15, -0.1) is 0 Å². The Morgan fingerprint density at radius 1 is 1.33 bits per heavy atom. The van der Waals surface area contributed by atoms with Gasteiger partial charge in [0.1, 0.15) is 23.2 Å². The standard InChI is InChI=1S/C19H26BN2O8/c1-11(23)3-2-4-14(21)18(24)22-9-13(10-22)29-15-6-5-12-7-8-20(27,28)30-17(12)16(15)19(25)26/h5-6,13-14,27-28H,2-4,7-10,21H2,1H3,(H,25,26)/q-1/t14-/m0/s1. The van der Waals surface area contributed by atoms with Gasteiger partial charge in [-0.1, -0.05) is 12.4 Å². The smallest absolute Gasteiger partial charge is 0.430 e. The van der Waals surface area contributed by atoms with Crippen molar-refractivity contribution in [2.45, 2.75) is 51.1 Å². The Hall–Kier alpha value is -2.63. The van der Waals surface area contributed by atoms with Crippen molar-refractivity contribution >= 4 is 24.4 Å². The number of nitrogens with two attached hydrogens (primary N) is 1. The number of fused-ring (bicyclic) bond motifs is 1. The van der Waals surface area contributed by atoms with Crippen molar-refractivity contribution in [1.29, 1.82) is 0 Å². The van der Waals surface area contributed by atoms with Crippen LogP contribution in [0.1, 0.15) is 42.1 Å². The topological polar surface area (TPSA) is 160 Å². The lowest BCUT2D eigenvalue weighted by Crippen LogP contribution is -2.59. The van der Waals surface area contributed by atoms with E-state index in [2.05, 4.69) is 0 Å². The number of carboxylic acid groups (broad SMARTS) is 1. The number of rotatable bonds is 8. The second-order valence-electron chi connectivity index (χ2n) is 7.93. The molecule has 0 radical (unpaired) electrons. The number of carboxylic acids is 1. The third kappa shape index (κ3) is 4.92. The molecule has 3 rings (SSSR count). The van der Waals surface area contributed by atoms with E-state index in [4.69, 9.17) is 15.1 Å². The first-order valence-corrected chi connectivity index (χ1v) is 9.96. The molecular weight excluding hydrogens is 395 g/mol. The molecule has 1 fully saturated rings. The second kappa shape index (κ2) is 8.62. The molecule has 0 aromatic heterocycles. The van der Waals surface area contributed by atoms with Gasteiger partial charge in [-0.25, -0.2) is 4.79 Å². The summed E-state index contributed by atoms with van der Waals surface area (Å²) in [5.41, 5.74) is 6.18. The average Bonchev–Trinajstić information content (AvgIpc) is 2.61. The summed E-state index contributed by atoms with van der Waals surface area (Å²) in [7, 11) is 0. The number of nitrogens with zero attached hydrogens (tertiary/aromatic N) is 1. The van der Waals surface area contributed by atoms with Crippen LogP contribution in [0.15, 0.2) is 12.1 Å². The number of aryl methyl sites for hydroxylation is 1. The molecule has 1 amide bonds.